The molecule has 1 radical (unpaired) electrons. The molecule has 4 nitrogen and oxygen atoms in total. The molecule has 0 spiro atoms. The second-order valence-corrected chi connectivity index (χ2v) is 23.3. The minimum absolute atomic E-state index is 0. The Balaban J connectivity index is 0.000000211. The number of furan rings is 1. The number of imidazole rings is 1. The summed E-state index contributed by atoms with van der Waals surface area (Å²) in [6.07, 6.45) is 4.48. The smallest absolute Gasteiger partial charge is 0 e. The Kier molecular flexibility index (Phi) is 8.09. The second kappa shape index (κ2) is 14.5. The zero-order valence-electron chi connectivity index (χ0n) is 33.3. The number of fused-ring (bicyclic) bond motifs is 2. The average Bonchev–Trinajstić information content (AvgIpc) is 3.76. The fourth-order valence-corrected chi connectivity index (χ4v) is 8.07. The third-order valence-corrected chi connectivity index (χ3v) is 12.5. The van der Waals surface area contributed by atoms with E-state index in [9.17, 15) is 0 Å². The Hall–Kier alpha value is -4.55. The molecule has 0 bridgehead atoms. The van der Waals surface area contributed by atoms with E-state index in [1.165, 1.54) is 39.9 Å². The van der Waals surface area contributed by atoms with E-state index in [-0.39, 0.29) is 31.2 Å². The molecule has 0 N–H and O–H groups in total. The van der Waals surface area contributed by atoms with Crippen LogP contribution in [0.3, 0.4) is 0 Å². The van der Waals surface area contributed by atoms with Gasteiger partial charge in [-0.05, 0) is 18.1 Å². The maximum Gasteiger partial charge on any atom is 0 e. The van der Waals surface area contributed by atoms with Gasteiger partial charge in [0.1, 0.15) is 0 Å². The van der Waals surface area contributed by atoms with E-state index >= 15 is 0 Å². The molecule has 0 saturated heterocycles. The maximum absolute atomic E-state index is 7.28. The molecule has 0 unspecified atom stereocenters. The number of hydrogen-bond acceptors (Lipinski definition) is 3. The number of benzene rings is 5. The quantitative estimate of drug-likeness (QED) is 0.128. The van der Waals surface area contributed by atoms with Crippen molar-refractivity contribution in [3.63, 3.8) is 0 Å². The Labute approximate surface area is 313 Å². The fraction of sp³-hybridized carbons (Fsp3) is 0.116. The summed E-state index contributed by atoms with van der Waals surface area (Å²) in [5.74, 6) is 8.09. The van der Waals surface area contributed by atoms with Crippen molar-refractivity contribution >= 4 is 39.7 Å². The third-order valence-electron chi connectivity index (χ3n) is 8.25. The molecule has 0 fully saturated rings. The van der Waals surface area contributed by atoms with Crippen LogP contribution in [-0.4, -0.2) is 27.8 Å². The van der Waals surface area contributed by atoms with Crippen LogP contribution >= 0.6 is 0 Å². The minimum Gasteiger partial charge on any atom is 0 e. The monoisotopic (exact) mass is 884 g/mol. The van der Waals surface area contributed by atoms with Crippen LogP contribution in [-0.2, 0) is 20.1 Å². The zero-order chi connectivity index (χ0) is 38.3. The summed E-state index contributed by atoms with van der Waals surface area (Å²) in [5.41, 5.74) is 8.79. The largest absolute Gasteiger partial charge is 0 e. The first kappa shape index (κ1) is 27.3. The number of para-hydroxylation sites is 2. The molecule has 0 saturated carbocycles. The summed E-state index contributed by atoms with van der Waals surface area (Å²) in [6.45, 7) is -4.34. The van der Waals surface area contributed by atoms with Crippen molar-refractivity contribution in [1.29, 1.82) is 0 Å². The standard InChI is InChI=1S/C30H25GeN2O.C13H12N.Ir/c1-31(2,3)23-15-18-29-25(19-23)26(20-34-29)30-32-27-11-7-8-12-28(27)33(30)24-16-13-22(14-17-24)21-9-5-4-6-10-21;1-10-3-6-12(7-4-10)13-8-5-11(2)9-14-13;/h4-19H,1-3H3;3-6,8-9H,1-2H3;/q2*-1;/i;1D3,2D3;. The third kappa shape index (κ3) is 7.40. The molecule has 0 amide bonds. The average molecular weight is 883 g/mol. The van der Waals surface area contributed by atoms with Crippen molar-refractivity contribution in [3.8, 4) is 39.5 Å². The number of rotatable bonds is 5. The SMILES string of the molecule is [2H]C([2H])([2H])c1c[c-]c(-c2ccc(C([2H])([2H])[2H])cn2)cc1.[CH3][Ge]([CH3])([CH3])[c]1ccc2o[c-]c(-c3nc4ccccc4n3-c3ccc(-c4ccccc4)cc3)c2c1.[Ir]. The van der Waals surface area contributed by atoms with Crippen molar-refractivity contribution in [2.75, 3.05) is 0 Å². The molecule has 0 aliphatic carbocycles. The Morgan fingerprint density at radius 3 is 2.18 bits per heavy atom. The topological polar surface area (TPSA) is 43.9 Å². The van der Waals surface area contributed by atoms with Crippen LogP contribution in [0.15, 0.2) is 138 Å². The summed E-state index contributed by atoms with van der Waals surface area (Å²) in [5, 5.41) is 1.08. The molecule has 6 heteroatoms. The van der Waals surface area contributed by atoms with Crippen molar-refractivity contribution in [2.24, 2.45) is 0 Å². The van der Waals surface area contributed by atoms with E-state index in [4.69, 9.17) is 17.6 Å². The van der Waals surface area contributed by atoms with Gasteiger partial charge in [0.25, 0.3) is 0 Å². The number of hydrogen-bond donors (Lipinski definition) is 0. The van der Waals surface area contributed by atoms with Gasteiger partial charge in [0.05, 0.1) is 0 Å². The van der Waals surface area contributed by atoms with Crippen LogP contribution in [0, 0.1) is 26.0 Å². The van der Waals surface area contributed by atoms with Gasteiger partial charge in [-0.1, -0.05) is 37.2 Å². The molecule has 3 heterocycles. The summed E-state index contributed by atoms with van der Waals surface area (Å²) in [4.78, 5) is 9.12. The number of nitrogens with zero attached hydrogens (tertiary/aromatic N) is 3. The van der Waals surface area contributed by atoms with Gasteiger partial charge in [0.15, 0.2) is 0 Å². The van der Waals surface area contributed by atoms with Crippen molar-refractivity contribution in [3.05, 3.63) is 157 Å². The van der Waals surface area contributed by atoms with Gasteiger partial charge in [0, 0.05) is 34.5 Å². The van der Waals surface area contributed by atoms with Crippen LogP contribution in [0.4, 0.5) is 0 Å². The molecule has 8 rings (SSSR count). The number of aryl methyl sites for hydroxylation is 2. The van der Waals surface area contributed by atoms with Gasteiger partial charge in [0.2, 0.25) is 0 Å². The summed E-state index contributed by atoms with van der Waals surface area (Å²) in [6, 6.07) is 44.4. The normalized spacial score (nSPS) is 13.5. The zero-order valence-corrected chi connectivity index (χ0v) is 31.8. The molecule has 8 aromatic rings. The van der Waals surface area contributed by atoms with Gasteiger partial charge in [-0.3, -0.25) is 0 Å². The molecule has 0 atom stereocenters. The van der Waals surface area contributed by atoms with Gasteiger partial charge in [-0.2, -0.15) is 0 Å². The van der Waals surface area contributed by atoms with Crippen LogP contribution < -0.4 is 4.40 Å². The first-order valence-electron chi connectivity index (χ1n) is 18.7. The molecule has 3 aromatic heterocycles. The van der Waals surface area contributed by atoms with Gasteiger partial charge in [-0.25, -0.2) is 0 Å². The predicted molar refractivity (Wildman–Crippen MR) is 202 cm³/mol. The summed E-state index contributed by atoms with van der Waals surface area (Å²) >= 11 is -2.01. The summed E-state index contributed by atoms with van der Waals surface area (Å²) < 4.78 is 53.2. The van der Waals surface area contributed by atoms with E-state index in [0.717, 1.165) is 39.1 Å². The van der Waals surface area contributed by atoms with Gasteiger partial charge < -0.3 is 4.98 Å². The maximum atomic E-state index is 7.28. The Morgan fingerprint density at radius 2 is 1.49 bits per heavy atom. The first-order chi connectivity index (χ1) is 25.7. The molecular weight excluding hydrogens is 839 g/mol. The molecule has 5 aromatic carbocycles. The van der Waals surface area contributed by atoms with E-state index in [1.807, 2.05) is 12.1 Å². The van der Waals surface area contributed by atoms with Crippen LogP contribution in [0.25, 0.3) is 61.5 Å². The Bertz CT molecular complexity index is 2480. The van der Waals surface area contributed by atoms with E-state index in [0.29, 0.717) is 11.3 Å². The van der Waals surface area contributed by atoms with Crippen molar-refractivity contribution in [2.45, 2.75) is 31.0 Å². The fourth-order valence-electron chi connectivity index (χ4n) is 5.63. The van der Waals surface area contributed by atoms with E-state index in [2.05, 4.69) is 124 Å². The number of aromatic nitrogens is 3. The molecule has 49 heavy (non-hydrogen) atoms. The molecule has 245 valence electrons. The second-order valence-electron chi connectivity index (χ2n) is 12.6. The predicted octanol–water partition coefficient (Wildman–Crippen LogP) is 10.6. The minimum atomic E-state index is -2.18. The molecule has 0 aliphatic heterocycles. The van der Waals surface area contributed by atoms with Gasteiger partial charge in [-0.15, -0.1) is 35.4 Å². The molecule has 0 aliphatic rings. The van der Waals surface area contributed by atoms with Crippen LogP contribution in [0.2, 0.25) is 17.3 Å². The van der Waals surface area contributed by atoms with E-state index < -0.39 is 27.0 Å². The van der Waals surface area contributed by atoms with Gasteiger partial charge >= 0.3 is 184 Å². The summed E-state index contributed by atoms with van der Waals surface area (Å²) in [7, 11) is 0. The van der Waals surface area contributed by atoms with Crippen LogP contribution in [0.5, 0.6) is 0 Å². The van der Waals surface area contributed by atoms with Crippen molar-refractivity contribution in [1.82, 2.24) is 14.5 Å². The first-order valence-corrected chi connectivity index (χ1v) is 23.1. The van der Waals surface area contributed by atoms with E-state index in [1.54, 1.807) is 12.1 Å². The van der Waals surface area contributed by atoms with Crippen molar-refractivity contribution < 1.29 is 32.7 Å². The molecular formula is C43H37GeIrN3O-2. The Morgan fingerprint density at radius 1 is 0.755 bits per heavy atom. The number of pyridine rings is 1. The van der Waals surface area contributed by atoms with Crippen LogP contribution in [0.1, 0.15) is 19.4 Å².